The Hall–Kier alpha value is -1.90. The molecule has 0 aliphatic carbocycles. The molecule has 1 N–H and O–H groups in total. The van der Waals surface area contributed by atoms with Crippen molar-refractivity contribution in [3.8, 4) is 23.0 Å². The summed E-state index contributed by atoms with van der Waals surface area (Å²) in [4.78, 5) is 5.20. The Labute approximate surface area is 258 Å². The molecule has 2 aromatic rings. The number of aliphatic hydroxyl groups excluding tert-OH is 1. The Morgan fingerprint density at radius 2 is 1.34 bits per heavy atom. The van der Waals surface area contributed by atoms with Crippen LogP contribution in [0.4, 0.5) is 0 Å². The molecule has 0 saturated carbocycles. The van der Waals surface area contributed by atoms with E-state index in [-0.39, 0.29) is 37.0 Å². The fourth-order valence-corrected chi connectivity index (χ4v) is 7.46. The van der Waals surface area contributed by atoms with Crippen LogP contribution in [0.2, 0.25) is 0 Å². The van der Waals surface area contributed by atoms with E-state index in [2.05, 4.69) is 41.0 Å². The van der Waals surface area contributed by atoms with E-state index < -0.39 is 0 Å². The lowest BCUT2D eigenvalue weighted by Gasteiger charge is -2.49. The number of methoxy groups -OCH3 is 4. The molecular weight excluding hydrogens is 563 g/mol. The maximum atomic E-state index is 10.4. The van der Waals surface area contributed by atoms with Crippen LogP contribution < -0.4 is 18.9 Å². The lowest BCUT2D eigenvalue weighted by molar-refractivity contribution is 0.0229. The second-order valence-corrected chi connectivity index (χ2v) is 11.6. The van der Waals surface area contributed by atoms with Crippen LogP contribution in [0, 0.1) is 11.8 Å². The van der Waals surface area contributed by atoms with Gasteiger partial charge in [-0.2, -0.15) is 0 Å². The first-order valence-corrected chi connectivity index (χ1v) is 14.6. The van der Waals surface area contributed by atoms with E-state index >= 15 is 0 Å². The first kappa shape index (κ1) is 33.6. The van der Waals surface area contributed by atoms with Gasteiger partial charge < -0.3 is 24.1 Å². The van der Waals surface area contributed by atoms with Gasteiger partial charge in [0, 0.05) is 38.3 Å². The molecule has 5 atom stereocenters. The molecule has 5 rings (SSSR count). The number of hydrogen-bond donors (Lipinski definition) is 1. The second kappa shape index (κ2) is 14.5. The molecule has 230 valence electrons. The molecule has 3 heterocycles. The van der Waals surface area contributed by atoms with Gasteiger partial charge in [0.25, 0.3) is 0 Å². The number of benzene rings is 2. The highest BCUT2D eigenvalue weighted by Crippen LogP contribution is 2.49. The summed E-state index contributed by atoms with van der Waals surface area (Å²) in [5, 5.41) is 10.4. The largest absolute Gasteiger partial charge is 0.493 e. The van der Waals surface area contributed by atoms with Gasteiger partial charge in [-0.05, 0) is 91.0 Å². The number of ether oxygens (including phenoxy) is 4. The molecule has 3 aliphatic heterocycles. The number of aliphatic hydroxyl groups is 1. The van der Waals surface area contributed by atoms with Gasteiger partial charge in [0.2, 0.25) is 0 Å². The Kier molecular flexibility index (Phi) is 11.9. The summed E-state index contributed by atoms with van der Waals surface area (Å²) in [6.45, 7) is 8.08. The summed E-state index contributed by atoms with van der Waals surface area (Å²) in [6, 6.07) is 9.39. The summed E-state index contributed by atoms with van der Waals surface area (Å²) >= 11 is 0. The van der Waals surface area contributed by atoms with E-state index in [0.29, 0.717) is 24.4 Å². The summed E-state index contributed by atoms with van der Waals surface area (Å²) in [5.74, 6) is 4.42. The molecule has 7 nitrogen and oxygen atoms in total. The molecule has 2 aromatic carbocycles. The minimum absolute atomic E-state index is 0. The average Bonchev–Trinajstić information content (AvgIpc) is 2.95. The number of nitrogens with zero attached hydrogens (tertiary/aromatic N) is 2. The molecular formula is C32H48Cl2N2O5. The molecule has 0 amide bonds. The number of piperidine rings is 1. The number of fused-ring (bicyclic) bond motifs is 4. The smallest absolute Gasteiger partial charge is 0.161 e. The van der Waals surface area contributed by atoms with Gasteiger partial charge in [-0.25, -0.2) is 0 Å². The fourth-order valence-electron chi connectivity index (χ4n) is 7.46. The van der Waals surface area contributed by atoms with Crippen molar-refractivity contribution < 1.29 is 24.1 Å². The highest BCUT2D eigenvalue weighted by Gasteiger charge is 2.41. The van der Waals surface area contributed by atoms with Crippen molar-refractivity contribution in [2.75, 3.05) is 54.6 Å². The molecule has 0 aromatic heterocycles. The maximum Gasteiger partial charge on any atom is 0.161 e. The van der Waals surface area contributed by atoms with Gasteiger partial charge in [-0.1, -0.05) is 13.3 Å². The summed E-state index contributed by atoms with van der Waals surface area (Å²) in [7, 11) is 6.86. The lowest BCUT2D eigenvalue weighted by Crippen LogP contribution is -2.47. The molecule has 1 fully saturated rings. The van der Waals surface area contributed by atoms with Crippen molar-refractivity contribution >= 4 is 24.8 Å². The number of β-amino-alcohol motifs (C(OH)–C–C–N with tert-alkyl or cyclic N) is 1. The highest BCUT2D eigenvalue weighted by atomic mass is 35.5. The van der Waals surface area contributed by atoms with Crippen LogP contribution in [0.1, 0.15) is 67.4 Å². The van der Waals surface area contributed by atoms with Gasteiger partial charge in [0.1, 0.15) is 0 Å². The van der Waals surface area contributed by atoms with Crippen LogP contribution in [0.5, 0.6) is 23.0 Å². The van der Waals surface area contributed by atoms with Crippen molar-refractivity contribution in [1.82, 2.24) is 9.80 Å². The normalized spacial score (nSPS) is 24.5. The monoisotopic (exact) mass is 610 g/mol. The molecule has 0 spiro atoms. The van der Waals surface area contributed by atoms with Crippen molar-refractivity contribution in [2.45, 2.75) is 64.1 Å². The van der Waals surface area contributed by atoms with Gasteiger partial charge in [0.05, 0.1) is 34.5 Å². The van der Waals surface area contributed by atoms with E-state index in [4.69, 9.17) is 18.9 Å². The van der Waals surface area contributed by atoms with E-state index in [1.165, 1.54) is 28.7 Å². The zero-order valence-corrected chi connectivity index (χ0v) is 27.0. The predicted octanol–water partition coefficient (Wildman–Crippen LogP) is 5.88. The number of rotatable bonds is 9. The number of halogens is 2. The quantitative estimate of drug-likeness (QED) is 0.380. The Morgan fingerprint density at radius 1 is 0.805 bits per heavy atom. The first-order chi connectivity index (χ1) is 18.9. The van der Waals surface area contributed by atoms with Crippen molar-refractivity contribution in [3.63, 3.8) is 0 Å². The molecule has 41 heavy (non-hydrogen) atoms. The van der Waals surface area contributed by atoms with Crippen molar-refractivity contribution in [3.05, 3.63) is 46.5 Å². The Balaban J connectivity index is 0.00000231. The molecule has 9 heteroatoms. The predicted molar refractivity (Wildman–Crippen MR) is 168 cm³/mol. The van der Waals surface area contributed by atoms with E-state index in [0.717, 1.165) is 68.3 Å². The molecule has 1 saturated heterocycles. The molecule has 0 bridgehead atoms. The van der Waals surface area contributed by atoms with E-state index in [1.807, 2.05) is 6.92 Å². The third kappa shape index (κ3) is 6.70. The van der Waals surface area contributed by atoms with Gasteiger partial charge >= 0.3 is 0 Å². The van der Waals surface area contributed by atoms with Gasteiger partial charge in [-0.3, -0.25) is 9.80 Å². The lowest BCUT2D eigenvalue weighted by atomic mass is 9.72. The van der Waals surface area contributed by atoms with Crippen LogP contribution in [-0.2, 0) is 12.8 Å². The zero-order chi connectivity index (χ0) is 27.7. The summed E-state index contributed by atoms with van der Waals surface area (Å²) < 4.78 is 22.7. The Bertz CT molecular complexity index is 1160. The third-order valence-corrected chi connectivity index (χ3v) is 9.44. The van der Waals surface area contributed by atoms with Gasteiger partial charge in [0.15, 0.2) is 23.0 Å². The third-order valence-electron chi connectivity index (χ3n) is 9.44. The highest BCUT2D eigenvalue weighted by molar-refractivity contribution is 5.85. The SMILES string of the molecule is CC[C@H]1CN2CCc3cc(OC)c(OC)cc3[C@@H]2C[C@@H]1C[C@@H]1c2cc(OC)c(OC)cc2CCN1CC(C)O.Cl.Cl. The molecule has 3 aliphatic rings. The minimum atomic E-state index is -0.370. The number of hydrogen-bond acceptors (Lipinski definition) is 7. The molecule has 1 unspecified atom stereocenters. The average molecular weight is 612 g/mol. The minimum Gasteiger partial charge on any atom is -0.493 e. The second-order valence-electron chi connectivity index (χ2n) is 11.6. The van der Waals surface area contributed by atoms with Crippen LogP contribution in [-0.4, -0.2) is 75.6 Å². The van der Waals surface area contributed by atoms with E-state index in [1.54, 1.807) is 28.4 Å². The van der Waals surface area contributed by atoms with E-state index in [9.17, 15) is 5.11 Å². The molecule has 0 radical (unpaired) electrons. The summed E-state index contributed by atoms with van der Waals surface area (Å²) in [5.41, 5.74) is 5.45. The first-order valence-electron chi connectivity index (χ1n) is 14.6. The zero-order valence-electron chi connectivity index (χ0n) is 25.4. The Morgan fingerprint density at radius 3 is 1.90 bits per heavy atom. The van der Waals surface area contributed by atoms with Crippen LogP contribution in [0.3, 0.4) is 0 Å². The van der Waals surface area contributed by atoms with Crippen LogP contribution >= 0.6 is 24.8 Å². The maximum absolute atomic E-state index is 10.4. The van der Waals surface area contributed by atoms with Crippen LogP contribution in [0.25, 0.3) is 0 Å². The van der Waals surface area contributed by atoms with Crippen LogP contribution in [0.15, 0.2) is 24.3 Å². The van der Waals surface area contributed by atoms with Crippen molar-refractivity contribution in [1.29, 1.82) is 0 Å². The fraction of sp³-hybridized carbons (Fsp3) is 0.625. The summed E-state index contributed by atoms with van der Waals surface area (Å²) in [6.07, 6.45) is 5.00. The standard InChI is InChI=1S/C32H46N2O5.2ClH/c1-7-21-19-34-11-9-23-15-30(37-4)32(39-6)17-26(23)28(34)13-24(21)12-27-25-16-31(38-5)29(36-3)14-22(25)8-10-33(27)18-20(2)35;;/h14-17,20-21,24,27-28,35H,7-13,18-19H2,1-6H3;2*1H/t20?,21-,24-,27+,28-;;/m0../s1. The topological polar surface area (TPSA) is 63.6 Å². The van der Waals surface area contributed by atoms with Crippen molar-refractivity contribution in [2.24, 2.45) is 11.8 Å². The van der Waals surface area contributed by atoms with Gasteiger partial charge in [-0.15, -0.1) is 24.8 Å².